The number of hydrogen-bond acceptors (Lipinski definition) is 3. The third-order valence-electron chi connectivity index (χ3n) is 4.14. The largest absolute Gasteiger partial charge is 0.497 e. The van der Waals surface area contributed by atoms with E-state index >= 15 is 0 Å². The first kappa shape index (κ1) is 17.7. The number of ether oxygens (including phenoxy) is 2. The van der Waals surface area contributed by atoms with Crippen molar-refractivity contribution in [3.63, 3.8) is 0 Å². The Hall–Kier alpha value is -2.08. The highest BCUT2D eigenvalue weighted by Gasteiger charge is 2.33. The minimum atomic E-state index is -0.504. The lowest BCUT2D eigenvalue weighted by Gasteiger charge is -2.19. The van der Waals surface area contributed by atoms with Gasteiger partial charge >= 0.3 is 0 Å². The van der Waals surface area contributed by atoms with Gasteiger partial charge in [-0.3, -0.25) is 4.79 Å². The van der Waals surface area contributed by atoms with E-state index in [0.717, 1.165) is 24.2 Å². The zero-order chi connectivity index (χ0) is 17.8. The highest BCUT2D eigenvalue weighted by molar-refractivity contribution is 9.10. The summed E-state index contributed by atoms with van der Waals surface area (Å²) in [5.74, 6) is 0.498. The van der Waals surface area contributed by atoms with Gasteiger partial charge in [0.05, 0.1) is 13.2 Å². The van der Waals surface area contributed by atoms with Crippen molar-refractivity contribution in [1.82, 2.24) is 5.32 Å². The van der Waals surface area contributed by atoms with Gasteiger partial charge in [0.15, 0.2) is 18.2 Å². The van der Waals surface area contributed by atoms with Crippen molar-refractivity contribution in [3.05, 3.63) is 58.3 Å². The van der Waals surface area contributed by atoms with E-state index in [9.17, 15) is 9.18 Å². The van der Waals surface area contributed by atoms with Crippen molar-refractivity contribution in [2.45, 2.75) is 18.9 Å². The number of carbonyl (C=O) groups excluding carboxylic acids is 1. The highest BCUT2D eigenvalue weighted by atomic mass is 79.9. The van der Waals surface area contributed by atoms with Crippen LogP contribution in [0.2, 0.25) is 0 Å². The molecule has 0 bridgehead atoms. The normalized spacial score (nSPS) is 14.7. The fraction of sp³-hybridized carbons (Fsp3) is 0.316. The molecule has 0 radical (unpaired) electrons. The smallest absolute Gasteiger partial charge is 0.258 e. The lowest BCUT2D eigenvalue weighted by molar-refractivity contribution is -0.124. The van der Waals surface area contributed by atoms with Crippen LogP contribution in [0.25, 0.3) is 0 Å². The highest BCUT2D eigenvalue weighted by Crippen LogP contribution is 2.41. The standard InChI is InChI=1S/C19H19BrFNO3/c1-24-15-7-4-13(5-8-15)19(12-2-3-12)22-18(23)11-25-17-9-6-14(20)10-16(17)21/h4-10,12,19H,2-3,11H2,1H3,(H,22,23). The number of benzene rings is 2. The van der Waals surface area contributed by atoms with Crippen LogP contribution in [0.4, 0.5) is 4.39 Å². The second-order valence-corrected chi connectivity index (χ2v) is 6.93. The van der Waals surface area contributed by atoms with Crippen LogP contribution in [-0.2, 0) is 4.79 Å². The Labute approximate surface area is 154 Å². The predicted molar refractivity (Wildman–Crippen MR) is 96.2 cm³/mol. The van der Waals surface area contributed by atoms with Crippen LogP contribution in [0.3, 0.4) is 0 Å². The molecule has 2 aromatic rings. The lowest BCUT2D eigenvalue weighted by atomic mass is 10.0. The van der Waals surface area contributed by atoms with E-state index in [2.05, 4.69) is 21.2 Å². The van der Waals surface area contributed by atoms with E-state index in [1.54, 1.807) is 13.2 Å². The molecule has 1 saturated carbocycles. The van der Waals surface area contributed by atoms with Gasteiger partial charge in [-0.25, -0.2) is 4.39 Å². The van der Waals surface area contributed by atoms with Crippen molar-refractivity contribution in [2.75, 3.05) is 13.7 Å². The van der Waals surface area contributed by atoms with Gasteiger partial charge < -0.3 is 14.8 Å². The summed E-state index contributed by atoms with van der Waals surface area (Å²) in [6.07, 6.45) is 2.17. The van der Waals surface area contributed by atoms with Gasteiger partial charge in [0.2, 0.25) is 0 Å². The van der Waals surface area contributed by atoms with Crippen molar-refractivity contribution in [2.24, 2.45) is 5.92 Å². The molecule has 0 heterocycles. The number of nitrogens with one attached hydrogen (secondary N) is 1. The Kier molecular flexibility index (Phi) is 5.58. The van der Waals surface area contributed by atoms with Crippen LogP contribution in [0, 0.1) is 11.7 Å². The fourth-order valence-corrected chi connectivity index (χ4v) is 3.00. The van der Waals surface area contributed by atoms with Crippen LogP contribution < -0.4 is 14.8 Å². The SMILES string of the molecule is COc1ccc(C(NC(=O)COc2ccc(Br)cc2F)C2CC2)cc1. The van der Waals surface area contributed by atoms with E-state index in [1.165, 1.54) is 12.1 Å². The van der Waals surface area contributed by atoms with Crippen molar-refractivity contribution in [3.8, 4) is 11.5 Å². The molecule has 0 aliphatic heterocycles. The van der Waals surface area contributed by atoms with E-state index in [-0.39, 0.29) is 24.3 Å². The molecule has 1 N–H and O–H groups in total. The summed E-state index contributed by atoms with van der Waals surface area (Å²) in [4.78, 5) is 12.2. The fourth-order valence-electron chi connectivity index (χ4n) is 2.66. The molecule has 3 rings (SSSR count). The first-order chi connectivity index (χ1) is 12.1. The van der Waals surface area contributed by atoms with Crippen molar-refractivity contribution >= 4 is 21.8 Å². The quantitative estimate of drug-likeness (QED) is 0.746. The summed E-state index contributed by atoms with van der Waals surface area (Å²) >= 11 is 3.18. The molecule has 2 aromatic carbocycles. The van der Waals surface area contributed by atoms with Crippen LogP contribution in [0.15, 0.2) is 46.9 Å². The number of hydrogen-bond donors (Lipinski definition) is 1. The summed E-state index contributed by atoms with van der Waals surface area (Å²) in [7, 11) is 1.62. The molecule has 1 unspecified atom stereocenters. The van der Waals surface area contributed by atoms with Gasteiger partial charge in [0.1, 0.15) is 5.75 Å². The monoisotopic (exact) mass is 407 g/mol. The molecule has 132 valence electrons. The summed E-state index contributed by atoms with van der Waals surface area (Å²) < 4.78 is 24.8. The van der Waals surface area contributed by atoms with Crippen LogP contribution in [0.5, 0.6) is 11.5 Å². The Morgan fingerprint density at radius 3 is 2.60 bits per heavy atom. The summed E-state index contributed by atoms with van der Waals surface area (Å²) in [5.41, 5.74) is 1.03. The summed E-state index contributed by atoms with van der Waals surface area (Å²) in [6.45, 7) is -0.224. The maximum Gasteiger partial charge on any atom is 0.258 e. The lowest BCUT2D eigenvalue weighted by Crippen LogP contribution is -2.33. The molecule has 4 nitrogen and oxygen atoms in total. The van der Waals surface area contributed by atoms with Gasteiger partial charge in [-0.2, -0.15) is 0 Å². The van der Waals surface area contributed by atoms with Crippen LogP contribution >= 0.6 is 15.9 Å². The molecule has 1 amide bonds. The van der Waals surface area contributed by atoms with E-state index in [0.29, 0.717) is 10.4 Å². The van der Waals surface area contributed by atoms with Crippen LogP contribution in [0.1, 0.15) is 24.4 Å². The second-order valence-electron chi connectivity index (χ2n) is 6.02. The van der Waals surface area contributed by atoms with E-state index in [4.69, 9.17) is 9.47 Å². The topological polar surface area (TPSA) is 47.6 Å². The zero-order valence-electron chi connectivity index (χ0n) is 13.8. The molecule has 0 spiro atoms. The van der Waals surface area contributed by atoms with Gasteiger partial charge in [-0.05, 0) is 54.7 Å². The van der Waals surface area contributed by atoms with E-state index < -0.39 is 5.82 Å². The van der Waals surface area contributed by atoms with Crippen molar-refractivity contribution < 1.29 is 18.7 Å². The summed E-state index contributed by atoms with van der Waals surface area (Å²) in [6, 6.07) is 12.1. The molecule has 25 heavy (non-hydrogen) atoms. The molecule has 1 fully saturated rings. The Balaban J connectivity index is 1.61. The molecule has 0 aromatic heterocycles. The molecule has 1 aliphatic rings. The minimum absolute atomic E-state index is 0.0585. The third-order valence-corrected chi connectivity index (χ3v) is 4.63. The average molecular weight is 408 g/mol. The summed E-state index contributed by atoms with van der Waals surface area (Å²) in [5, 5.41) is 3.00. The van der Waals surface area contributed by atoms with Gasteiger partial charge in [0, 0.05) is 4.47 Å². The Bertz CT molecular complexity index is 747. The van der Waals surface area contributed by atoms with Gasteiger partial charge in [0.25, 0.3) is 5.91 Å². The van der Waals surface area contributed by atoms with Gasteiger partial charge in [-0.1, -0.05) is 28.1 Å². The molecular formula is C19H19BrFNO3. The Morgan fingerprint density at radius 2 is 2.00 bits per heavy atom. The molecule has 1 aliphatic carbocycles. The molecular weight excluding hydrogens is 389 g/mol. The minimum Gasteiger partial charge on any atom is -0.497 e. The first-order valence-corrected chi connectivity index (χ1v) is 8.87. The maximum atomic E-state index is 13.7. The number of amides is 1. The third kappa shape index (κ3) is 4.72. The van der Waals surface area contributed by atoms with Gasteiger partial charge in [-0.15, -0.1) is 0 Å². The Morgan fingerprint density at radius 1 is 1.28 bits per heavy atom. The average Bonchev–Trinajstić information content (AvgIpc) is 3.44. The predicted octanol–water partition coefficient (Wildman–Crippen LogP) is 4.24. The first-order valence-electron chi connectivity index (χ1n) is 8.08. The van der Waals surface area contributed by atoms with Crippen molar-refractivity contribution in [1.29, 1.82) is 0 Å². The van der Waals surface area contributed by atoms with E-state index in [1.807, 2.05) is 24.3 Å². The number of carbonyl (C=O) groups is 1. The number of methoxy groups -OCH3 is 1. The second kappa shape index (κ2) is 7.87. The number of rotatable bonds is 7. The molecule has 6 heteroatoms. The molecule has 0 saturated heterocycles. The van der Waals surface area contributed by atoms with Crippen LogP contribution in [-0.4, -0.2) is 19.6 Å². The zero-order valence-corrected chi connectivity index (χ0v) is 15.4. The maximum absolute atomic E-state index is 13.7. The molecule has 1 atom stereocenters. The number of halogens is 2.